The Balaban J connectivity index is 1.68. The predicted molar refractivity (Wildman–Crippen MR) is 106 cm³/mol. The predicted octanol–water partition coefficient (Wildman–Crippen LogP) is 2.72. The molecule has 0 spiro atoms. The lowest BCUT2D eigenvalue weighted by molar-refractivity contribution is -0.122. The molecule has 1 unspecified atom stereocenters. The van der Waals surface area contributed by atoms with Gasteiger partial charge in [0.15, 0.2) is 0 Å². The van der Waals surface area contributed by atoms with Crippen molar-refractivity contribution in [2.45, 2.75) is 38.3 Å². The third-order valence-electron chi connectivity index (χ3n) is 4.87. The summed E-state index contributed by atoms with van der Waals surface area (Å²) in [5.74, 6) is -0.210. The fourth-order valence-corrected chi connectivity index (χ4v) is 3.33. The summed E-state index contributed by atoms with van der Waals surface area (Å²) in [6.45, 7) is 3.79. The van der Waals surface area contributed by atoms with Crippen LogP contribution in [0.4, 0.5) is 0 Å². The summed E-state index contributed by atoms with van der Waals surface area (Å²) < 4.78 is 0. The van der Waals surface area contributed by atoms with Gasteiger partial charge in [-0.2, -0.15) is 0 Å². The molecule has 0 aliphatic carbocycles. The molecule has 1 heterocycles. The Kier molecular flexibility index (Phi) is 6.60. The van der Waals surface area contributed by atoms with Gasteiger partial charge in [0.05, 0.1) is 12.5 Å². The zero-order chi connectivity index (χ0) is 19.1. The largest absolute Gasteiger partial charge is 0.352 e. The molecule has 1 saturated heterocycles. The van der Waals surface area contributed by atoms with Crippen LogP contribution in [0.25, 0.3) is 0 Å². The number of aryl methyl sites for hydroxylation is 1. The first kappa shape index (κ1) is 19.1. The number of benzene rings is 2. The Hall–Kier alpha value is -2.66. The topological polar surface area (TPSA) is 70.2 Å². The molecule has 3 N–H and O–H groups in total. The van der Waals surface area contributed by atoms with Crippen molar-refractivity contribution in [2.75, 3.05) is 13.1 Å². The summed E-state index contributed by atoms with van der Waals surface area (Å²) >= 11 is 0. The van der Waals surface area contributed by atoms with Crippen molar-refractivity contribution < 1.29 is 9.59 Å². The number of nitrogens with one attached hydrogen (secondary N) is 3. The molecular formula is C22H27N3O2. The van der Waals surface area contributed by atoms with Gasteiger partial charge in [0.25, 0.3) is 5.91 Å². The van der Waals surface area contributed by atoms with E-state index in [4.69, 9.17) is 0 Å². The summed E-state index contributed by atoms with van der Waals surface area (Å²) in [4.78, 5) is 25.2. The molecule has 0 saturated carbocycles. The van der Waals surface area contributed by atoms with Gasteiger partial charge < -0.3 is 16.0 Å². The number of piperidine rings is 1. The Morgan fingerprint density at radius 1 is 1.11 bits per heavy atom. The number of carbonyl (C=O) groups excluding carboxylic acids is 2. The zero-order valence-corrected chi connectivity index (χ0v) is 15.7. The maximum absolute atomic E-state index is 12.7. The molecule has 2 aromatic rings. The molecule has 5 heteroatoms. The maximum atomic E-state index is 12.7. The average molecular weight is 365 g/mol. The van der Waals surface area contributed by atoms with E-state index in [1.54, 1.807) is 12.1 Å². The summed E-state index contributed by atoms with van der Waals surface area (Å²) in [7, 11) is 0. The van der Waals surface area contributed by atoms with Gasteiger partial charge in [-0.1, -0.05) is 48.0 Å². The molecule has 142 valence electrons. The highest BCUT2D eigenvalue weighted by Gasteiger charge is 2.21. The molecule has 2 aromatic carbocycles. The van der Waals surface area contributed by atoms with Gasteiger partial charge in [0.2, 0.25) is 5.91 Å². The summed E-state index contributed by atoms with van der Waals surface area (Å²) in [5, 5.41) is 9.41. The molecule has 0 radical (unpaired) electrons. The van der Waals surface area contributed by atoms with E-state index < -0.39 is 0 Å². The quantitative estimate of drug-likeness (QED) is 0.737. The van der Waals surface area contributed by atoms with Crippen LogP contribution in [-0.4, -0.2) is 30.9 Å². The Labute approximate surface area is 160 Å². The number of amides is 2. The van der Waals surface area contributed by atoms with E-state index in [0.29, 0.717) is 5.56 Å². The molecule has 0 bridgehead atoms. The van der Waals surface area contributed by atoms with Crippen LogP contribution in [-0.2, 0) is 4.79 Å². The van der Waals surface area contributed by atoms with E-state index in [1.807, 2.05) is 49.4 Å². The zero-order valence-electron chi connectivity index (χ0n) is 15.7. The highest BCUT2D eigenvalue weighted by atomic mass is 16.2. The van der Waals surface area contributed by atoms with Crippen LogP contribution in [0, 0.1) is 6.92 Å². The number of carbonyl (C=O) groups is 2. The van der Waals surface area contributed by atoms with E-state index in [1.165, 1.54) is 0 Å². The normalized spacial score (nSPS) is 17.7. The number of hydrogen-bond donors (Lipinski definition) is 3. The van der Waals surface area contributed by atoms with E-state index in [0.717, 1.165) is 37.1 Å². The van der Waals surface area contributed by atoms with E-state index in [9.17, 15) is 9.59 Å². The second kappa shape index (κ2) is 9.33. The van der Waals surface area contributed by atoms with Crippen LogP contribution in [0.15, 0.2) is 54.6 Å². The van der Waals surface area contributed by atoms with Gasteiger partial charge in [-0.15, -0.1) is 0 Å². The van der Waals surface area contributed by atoms with Crippen LogP contribution in [0.2, 0.25) is 0 Å². The van der Waals surface area contributed by atoms with Crippen molar-refractivity contribution in [1.29, 1.82) is 0 Å². The Morgan fingerprint density at radius 3 is 2.52 bits per heavy atom. The van der Waals surface area contributed by atoms with Gasteiger partial charge >= 0.3 is 0 Å². The number of hydrogen-bond acceptors (Lipinski definition) is 3. The second-order valence-corrected chi connectivity index (χ2v) is 7.12. The molecule has 2 amide bonds. The van der Waals surface area contributed by atoms with Gasteiger partial charge in [0, 0.05) is 18.2 Å². The standard InChI is InChI=1S/C22H27N3O2/c1-16-9-11-18(12-10-16)22(27)25-20(17-6-3-2-4-7-17)14-21(26)24-19-8-5-13-23-15-19/h2-4,6-7,9-12,19-20,23H,5,8,13-15H2,1H3,(H,24,26)(H,25,27)/t19-,20?/m0/s1. The molecule has 3 rings (SSSR count). The van der Waals surface area contributed by atoms with Gasteiger partial charge in [-0.05, 0) is 44.0 Å². The molecule has 2 atom stereocenters. The highest BCUT2D eigenvalue weighted by molar-refractivity contribution is 5.94. The first-order valence-electron chi connectivity index (χ1n) is 9.54. The third kappa shape index (κ3) is 5.66. The monoisotopic (exact) mass is 365 g/mol. The lowest BCUT2D eigenvalue weighted by Crippen LogP contribution is -2.46. The molecule has 27 heavy (non-hydrogen) atoms. The van der Waals surface area contributed by atoms with Crippen LogP contribution in [0.1, 0.15) is 46.8 Å². The van der Waals surface area contributed by atoms with Gasteiger partial charge in [0.1, 0.15) is 0 Å². The Bertz CT molecular complexity index is 753. The fraction of sp³-hybridized carbons (Fsp3) is 0.364. The average Bonchev–Trinajstić information content (AvgIpc) is 2.69. The van der Waals surface area contributed by atoms with E-state index >= 15 is 0 Å². The number of rotatable bonds is 6. The summed E-state index contributed by atoms with van der Waals surface area (Å²) in [6, 6.07) is 16.9. The SMILES string of the molecule is Cc1ccc(C(=O)NC(CC(=O)N[C@H]2CCCNC2)c2ccccc2)cc1. The summed E-state index contributed by atoms with van der Waals surface area (Å²) in [6.07, 6.45) is 2.28. The molecular weight excluding hydrogens is 338 g/mol. The first-order valence-corrected chi connectivity index (χ1v) is 9.54. The first-order chi connectivity index (χ1) is 13.1. The maximum Gasteiger partial charge on any atom is 0.251 e. The Morgan fingerprint density at radius 2 is 1.85 bits per heavy atom. The van der Waals surface area contributed by atoms with Crippen LogP contribution in [0.3, 0.4) is 0 Å². The lowest BCUT2D eigenvalue weighted by atomic mass is 10.0. The minimum atomic E-state index is -0.364. The molecule has 0 aromatic heterocycles. The van der Waals surface area contributed by atoms with Crippen molar-refractivity contribution in [3.05, 3.63) is 71.3 Å². The van der Waals surface area contributed by atoms with Crippen LogP contribution in [0.5, 0.6) is 0 Å². The van der Waals surface area contributed by atoms with Crippen molar-refractivity contribution in [2.24, 2.45) is 0 Å². The third-order valence-corrected chi connectivity index (χ3v) is 4.87. The smallest absolute Gasteiger partial charge is 0.251 e. The minimum Gasteiger partial charge on any atom is -0.352 e. The molecule has 1 fully saturated rings. The van der Waals surface area contributed by atoms with E-state index in [-0.39, 0.29) is 30.3 Å². The summed E-state index contributed by atoms with van der Waals surface area (Å²) in [5.41, 5.74) is 2.62. The minimum absolute atomic E-state index is 0.0400. The molecule has 5 nitrogen and oxygen atoms in total. The highest BCUT2D eigenvalue weighted by Crippen LogP contribution is 2.18. The van der Waals surface area contributed by atoms with Crippen molar-refractivity contribution in [3.63, 3.8) is 0 Å². The van der Waals surface area contributed by atoms with Gasteiger partial charge in [-0.3, -0.25) is 9.59 Å². The van der Waals surface area contributed by atoms with Gasteiger partial charge in [-0.25, -0.2) is 0 Å². The van der Waals surface area contributed by atoms with Crippen molar-refractivity contribution >= 4 is 11.8 Å². The second-order valence-electron chi connectivity index (χ2n) is 7.12. The van der Waals surface area contributed by atoms with Crippen molar-refractivity contribution in [1.82, 2.24) is 16.0 Å². The van der Waals surface area contributed by atoms with Crippen LogP contribution >= 0.6 is 0 Å². The van der Waals surface area contributed by atoms with Crippen LogP contribution < -0.4 is 16.0 Å². The molecule has 1 aliphatic heterocycles. The molecule has 1 aliphatic rings. The fourth-order valence-electron chi connectivity index (χ4n) is 3.33. The van der Waals surface area contributed by atoms with E-state index in [2.05, 4.69) is 16.0 Å². The van der Waals surface area contributed by atoms with Crippen molar-refractivity contribution in [3.8, 4) is 0 Å². The lowest BCUT2D eigenvalue weighted by Gasteiger charge is -2.25.